The summed E-state index contributed by atoms with van der Waals surface area (Å²) < 4.78 is 5.33. The molecule has 10 heteroatoms. The Bertz CT molecular complexity index is 1140. The molecule has 0 saturated carbocycles. The minimum Gasteiger partial charge on any atom is -0.444 e. The van der Waals surface area contributed by atoms with Gasteiger partial charge in [-0.3, -0.25) is 15.0 Å². The molecule has 0 bridgehead atoms. The van der Waals surface area contributed by atoms with Crippen LogP contribution in [0.2, 0.25) is 0 Å². The minimum absolute atomic E-state index is 0.233. The van der Waals surface area contributed by atoms with E-state index in [9.17, 15) is 14.4 Å². The first-order valence-electron chi connectivity index (χ1n) is 12.1. The lowest BCUT2D eigenvalue weighted by Gasteiger charge is -2.33. The van der Waals surface area contributed by atoms with Crippen molar-refractivity contribution in [2.45, 2.75) is 45.8 Å². The number of nitrogens with zero attached hydrogens (tertiary/aromatic N) is 4. The van der Waals surface area contributed by atoms with Gasteiger partial charge < -0.3 is 15.0 Å². The molecule has 190 valence electrons. The number of hydrogen-bond acceptors (Lipinski definition) is 7. The van der Waals surface area contributed by atoms with E-state index in [1.807, 2.05) is 51.1 Å². The number of alkyl carbamates (subject to hydrolysis) is 1. The molecule has 36 heavy (non-hydrogen) atoms. The summed E-state index contributed by atoms with van der Waals surface area (Å²) >= 11 is 0. The van der Waals surface area contributed by atoms with Crippen LogP contribution in [0.3, 0.4) is 0 Å². The molecule has 0 radical (unpaired) electrons. The van der Waals surface area contributed by atoms with Gasteiger partial charge in [-0.05, 0) is 57.2 Å². The fraction of sp³-hybridized carbons (Fsp3) is 0.423. The van der Waals surface area contributed by atoms with Gasteiger partial charge in [0.1, 0.15) is 11.3 Å². The van der Waals surface area contributed by atoms with Crippen molar-refractivity contribution >= 4 is 30.1 Å². The zero-order valence-electron chi connectivity index (χ0n) is 20.9. The third-order valence-corrected chi connectivity index (χ3v) is 5.86. The summed E-state index contributed by atoms with van der Waals surface area (Å²) in [6.45, 7) is 7.77. The topological polar surface area (TPSA) is 117 Å². The van der Waals surface area contributed by atoms with E-state index in [1.54, 1.807) is 18.3 Å². The van der Waals surface area contributed by atoms with Crippen molar-refractivity contribution in [3.05, 3.63) is 59.5 Å². The standard InChI is InChI=1S/C26H32N6O4/c1-26(2,3)36-25(35)28-15-19-10-7-13-31(16-19)23-27-12-11-20(29-23)14-21-22(33)30-24(34)32(21)17-18-8-5-4-6-9-18/h4-6,8-9,11-12,14,19H,7,10,13,15-17H2,1-3H3,(H,28,35)(H,30,33,34). The van der Waals surface area contributed by atoms with Gasteiger partial charge in [0.2, 0.25) is 5.95 Å². The summed E-state index contributed by atoms with van der Waals surface area (Å²) in [6, 6.07) is 10.7. The lowest BCUT2D eigenvalue weighted by molar-refractivity contribution is -0.116. The normalized spacial score (nSPS) is 19.4. The second-order valence-corrected chi connectivity index (χ2v) is 9.98. The maximum Gasteiger partial charge on any atom is 0.407 e. The monoisotopic (exact) mass is 492 g/mol. The van der Waals surface area contributed by atoms with E-state index in [2.05, 4.69) is 25.5 Å². The Morgan fingerprint density at radius 2 is 2.00 bits per heavy atom. The molecule has 4 rings (SSSR count). The fourth-order valence-electron chi connectivity index (χ4n) is 4.22. The fourth-order valence-corrected chi connectivity index (χ4v) is 4.22. The molecular weight excluding hydrogens is 460 g/mol. The Balaban J connectivity index is 1.44. The quantitative estimate of drug-likeness (QED) is 0.469. The van der Waals surface area contributed by atoms with Crippen LogP contribution in [0.15, 0.2) is 48.3 Å². The number of carbonyl (C=O) groups is 3. The molecule has 3 heterocycles. The van der Waals surface area contributed by atoms with Crippen molar-refractivity contribution in [2.24, 2.45) is 5.92 Å². The number of nitrogens with one attached hydrogen (secondary N) is 2. The maximum absolute atomic E-state index is 12.5. The highest BCUT2D eigenvalue weighted by Gasteiger charge is 2.33. The van der Waals surface area contributed by atoms with E-state index in [-0.39, 0.29) is 18.2 Å². The van der Waals surface area contributed by atoms with Gasteiger partial charge in [-0.15, -0.1) is 0 Å². The summed E-state index contributed by atoms with van der Waals surface area (Å²) in [4.78, 5) is 49.5. The minimum atomic E-state index is -0.539. The number of amides is 4. The van der Waals surface area contributed by atoms with Crippen molar-refractivity contribution in [1.29, 1.82) is 0 Å². The Kier molecular flexibility index (Phi) is 7.52. The van der Waals surface area contributed by atoms with Gasteiger partial charge in [-0.2, -0.15) is 0 Å². The molecule has 2 fully saturated rings. The van der Waals surface area contributed by atoms with Crippen molar-refractivity contribution in [2.75, 3.05) is 24.5 Å². The molecule has 2 aliphatic heterocycles. The van der Waals surface area contributed by atoms with Gasteiger partial charge in [0.05, 0.1) is 12.2 Å². The van der Waals surface area contributed by atoms with Crippen molar-refractivity contribution < 1.29 is 19.1 Å². The lowest BCUT2D eigenvalue weighted by atomic mass is 9.98. The van der Waals surface area contributed by atoms with Crippen LogP contribution in [-0.4, -0.2) is 58.1 Å². The summed E-state index contributed by atoms with van der Waals surface area (Å²) in [7, 11) is 0. The third kappa shape index (κ3) is 6.59. The number of carbonyl (C=O) groups excluding carboxylic acids is 3. The van der Waals surface area contributed by atoms with Crippen LogP contribution in [0, 0.1) is 5.92 Å². The number of benzene rings is 1. The van der Waals surface area contributed by atoms with Crippen LogP contribution in [0.4, 0.5) is 15.5 Å². The van der Waals surface area contributed by atoms with Crippen LogP contribution in [-0.2, 0) is 16.1 Å². The molecular formula is C26H32N6O4. The van der Waals surface area contributed by atoms with E-state index in [0.29, 0.717) is 24.7 Å². The smallest absolute Gasteiger partial charge is 0.407 e. The van der Waals surface area contributed by atoms with Crippen LogP contribution in [0.5, 0.6) is 0 Å². The number of ether oxygens (including phenoxy) is 1. The number of rotatable bonds is 6. The van der Waals surface area contributed by atoms with E-state index < -0.39 is 23.6 Å². The van der Waals surface area contributed by atoms with Gasteiger partial charge in [-0.1, -0.05) is 30.3 Å². The zero-order chi connectivity index (χ0) is 25.7. The summed E-state index contributed by atoms with van der Waals surface area (Å²) in [5.41, 5.74) is 1.15. The van der Waals surface area contributed by atoms with Crippen LogP contribution in [0.1, 0.15) is 44.9 Å². The molecule has 4 amide bonds. The molecule has 2 aromatic rings. The molecule has 2 N–H and O–H groups in total. The van der Waals surface area contributed by atoms with Gasteiger partial charge in [-0.25, -0.2) is 19.6 Å². The summed E-state index contributed by atoms with van der Waals surface area (Å²) in [5, 5.41) is 5.21. The first-order chi connectivity index (χ1) is 17.2. The second-order valence-electron chi connectivity index (χ2n) is 9.98. The third-order valence-electron chi connectivity index (χ3n) is 5.86. The lowest BCUT2D eigenvalue weighted by Crippen LogP contribution is -2.42. The number of hydrogen-bond donors (Lipinski definition) is 2. The van der Waals surface area contributed by atoms with Crippen molar-refractivity contribution in [1.82, 2.24) is 25.5 Å². The number of piperidine rings is 1. The highest BCUT2D eigenvalue weighted by molar-refractivity contribution is 6.13. The number of imide groups is 1. The molecule has 0 spiro atoms. The van der Waals surface area contributed by atoms with Crippen molar-refractivity contribution in [3.8, 4) is 0 Å². The predicted octanol–water partition coefficient (Wildman–Crippen LogP) is 3.31. The number of anilines is 1. The highest BCUT2D eigenvalue weighted by Crippen LogP contribution is 2.23. The second kappa shape index (κ2) is 10.8. The average Bonchev–Trinajstić information content (AvgIpc) is 3.10. The first-order valence-corrected chi connectivity index (χ1v) is 12.1. The molecule has 2 aliphatic rings. The van der Waals surface area contributed by atoms with E-state index in [0.717, 1.165) is 24.9 Å². The van der Waals surface area contributed by atoms with Gasteiger partial charge in [0.15, 0.2) is 0 Å². The van der Waals surface area contributed by atoms with Gasteiger partial charge >= 0.3 is 12.1 Å². The molecule has 1 atom stereocenters. The number of urea groups is 1. The zero-order valence-corrected chi connectivity index (χ0v) is 20.9. The number of aromatic nitrogens is 2. The molecule has 2 saturated heterocycles. The molecule has 1 aromatic heterocycles. The van der Waals surface area contributed by atoms with Crippen LogP contribution in [0.25, 0.3) is 6.08 Å². The van der Waals surface area contributed by atoms with Crippen LogP contribution >= 0.6 is 0 Å². The summed E-state index contributed by atoms with van der Waals surface area (Å²) in [5.74, 6) is 0.324. The Morgan fingerprint density at radius 1 is 1.22 bits per heavy atom. The SMILES string of the molecule is CC(C)(C)OC(=O)NCC1CCCN(c2nccc(C=C3C(=O)NC(=O)N3Cc3ccccc3)n2)C1. The van der Waals surface area contributed by atoms with Crippen LogP contribution < -0.4 is 15.5 Å². The largest absolute Gasteiger partial charge is 0.444 e. The van der Waals surface area contributed by atoms with E-state index in [1.165, 1.54) is 4.90 Å². The van der Waals surface area contributed by atoms with Gasteiger partial charge in [0.25, 0.3) is 5.91 Å². The van der Waals surface area contributed by atoms with Crippen molar-refractivity contribution in [3.63, 3.8) is 0 Å². The van der Waals surface area contributed by atoms with Gasteiger partial charge in [0, 0.05) is 25.8 Å². The molecule has 1 aromatic carbocycles. The van der Waals surface area contributed by atoms with E-state index in [4.69, 9.17) is 4.74 Å². The predicted molar refractivity (Wildman–Crippen MR) is 135 cm³/mol. The van der Waals surface area contributed by atoms with E-state index >= 15 is 0 Å². The molecule has 0 aliphatic carbocycles. The first kappa shape index (κ1) is 25.2. The highest BCUT2D eigenvalue weighted by atomic mass is 16.6. The Labute approximate surface area is 210 Å². The average molecular weight is 493 g/mol. The maximum atomic E-state index is 12.5. The Hall–Kier alpha value is -3.95. The summed E-state index contributed by atoms with van der Waals surface area (Å²) in [6.07, 6.45) is 4.76. The molecule has 1 unspecified atom stereocenters. The molecule has 10 nitrogen and oxygen atoms in total. The Morgan fingerprint density at radius 3 is 2.75 bits per heavy atom.